The van der Waals surface area contributed by atoms with Gasteiger partial charge in [0.2, 0.25) is 0 Å². The predicted molar refractivity (Wildman–Crippen MR) is 129 cm³/mol. The van der Waals surface area contributed by atoms with Crippen LogP contribution >= 0.6 is 11.8 Å². The number of nitrogens with zero attached hydrogens (tertiary/aromatic N) is 2. The van der Waals surface area contributed by atoms with E-state index in [1.807, 2.05) is 24.3 Å². The standard InChI is InChI=1S/C25H27N3OS/c1-15-7-9-19(11-16(15)2)26-24-27-23(29)22(30-24)13-18-8-10-21-20(12-18)17(3)14-25(4,5)28(21)6/h7-14H,1-6H3,(H,26,27,29)/b22-13+. The van der Waals surface area contributed by atoms with Gasteiger partial charge in [0.25, 0.3) is 5.91 Å². The molecule has 0 saturated carbocycles. The lowest BCUT2D eigenvalue weighted by Gasteiger charge is -2.40. The molecule has 30 heavy (non-hydrogen) atoms. The van der Waals surface area contributed by atoms with Crippen molar-refractivity contribution in [2.45, 2.75) is 40.2 Å². The smallest absolute Gasteiger partial charge is 0.264 e. The van der Waals surface area contributed by atoms with E-state index in [2.05, 4.69) is 81.2 Å². The molecule has 2 aliphatic rings. The molecule has 4 nitrogen and oxygen atoms in total. The molecule has 1 saturated heterocycles. The number of allylic oxidation sites excluding steroid dienone is 1. The summed E-state index contributed by atoms with van der Waals surface area (Å²) in [6.45, 7) is 10.7. The van der Waals surface area contributed by atoms with Gasteiger partial charge in [0.15, 0.2) is 5.17 Å². The van der Waals surface area contributed by atoms with Crippen molar-refractivity contribution in [3.8, 4) is 0 Å². The van der Waals surface area contributed by atoms with E-state index in [-0.39, 0.29) is 11.4 Å². The number of likely N-dealkylation sites (N-methyl/N-ethyl adjacent to an activating group) is 1. The SMILES string of the molecule is CC1=CC(C)(C)N(C)c2ccc(/C=C3/SC(=Nc4ccc(C)c(C)c4)NC3=O)cc21. The van der Waals surface area contributed by atoms with E-state index in [0.29, 0.717) is 10.1 Å². The zero-order valence-electron chi connectivity index (χ0n) is 18.3. The lowest BCUT2D eigenvalue weighted by molar-refractivity contribution is -0.115. The number of thioether (sulfide) groups is 1. The molecule has 0 aromatic heterocycles. The average molecular weight is 418 g/mol. The minimum atomic E-state index is -0.106. The normalized spacial score (nSPS) is 20.4. The van der Waals surface area contributed by atoms with Crippen molar-refractivity contribution in [3.63, 3.8) is 0 Å². The number of amides is 1. The first-order valence-corrected chi connectivity index (χ1v) is 10.9. The first-order chi connectivity index (χ1) is 14.1. The Labute approximate surface area is 182 Å². The van der Waals surface area contributed by atoms with Crippen LogP contribution in [0.4, 0.5) is 11.4 Å². The van der Waals surface area contributed by atoms with Crippen molar-refractivity contribution < 1.29 is 4.79 Å². The Morgan fingerprint density at radius 2 is 1.83 bits per heavy atom. The number of hydrogen-bond donors (Lipinski definition) is 1. The minimum absolute atomic E-state index is 0.0159. The number of nitrogens with one attached hydrogen (secondary N) is 1. The van der Waals surface area contributed by atoms with E-state index >= 15 is 0 Å². The monoisotopic (exact) mass is 417 g/mol. The summed E-state index contributed by atoms with van der Waals surface area (Å²) in [4.78, 5) is 20.0. The highest BCUT2D eigenvalue weighted by Crippen LogP contribution is 2.39. The number of carbonyl (C=O) groups is 1. The summed E-state index contributed by atoms with van der Waals surface area (Å²) in [5.74, 6) is -0.106. The van der Waals surface area contributed by atoms with Gasteiger partial charge in [0, 0.05) is 18.3 Å². The molecule has 0 unspecified atom stereocenters. The molecule has 2 aromatic rings. The van der Waals surface area contributed by atoms with E-state index < -0.39 is 0 Å². The summed E-state index contributed by atoms with van der Waals surface area (Å²) in [6.07, 6.45) is 4.23. The number of aryl methyl sites for hydroxylation is 2. The van der Waals surface area contributed by atoms with E-state index in [1.54, 1.807) is 0 Å². The Balaban J connectivity index is 1.61. The number of aliphatic imine (C=N–C) groups is 1. The highest BCUT2D eigenvalue weighted by atomic mass is 32.2. The van der Waals surface area contributed by atoms with Crippen LogP contribution in [0.25, 0.3) is 11.6 Å². The molecule has 5 heteroatoms. The number of fused-ring (bicyclic) bond motifs is 1. The van der Waals surface area contributed by atoms with Crippen LogP contribution in [0.5, 0.6) is 0 Å². The summed E-state index contributed by atoms with van der Waals surface area (Å²) >= 11 is 1.38. The molecule has 0 atom stereocenters. The largest absolute Gasteiger partial charge is 0.366 e. The van der Waals surface area contributed by atoms with Gasteiger partial charge in [0.1, 0.15) is 0 Å². The highest BCUT2D eigenvalue weighted by Gasteiger charge is 2.29. The van der Waals surface area contributed by atoms with Gasteiger partial charge in [0.05, 0.1) is 16.1 Å². The Hall–Kier alpha value is -2.79. The summed E-state index contributed by atoms with van der Waals surface area (Å²) in [5, 5.41) is 3.50. The van der Waals surface area contributed by atoms with Crippen LogP contribution in [0.1, 0.15) is 43.0 Å². The second-order valence-electron chi connectivity index (χ2n) is 8.57. The van der Waals surface area contributed by atoms with Gasteiger partial charge in [-0.05, 0) is 99.0 Å². The van der Waals surface area contributed by atoms with Crippen molar-refractivity contribution >= 4 is 45.9 Å². The number of benzene rings is 2. The molecule has 1 amide bonds. The summed E-state index contributed by atoms with van der Waals surface area (Å²) in [7, 11) is 2.12. The van der Waals surface area contributed by atoms with Gasteiger partial charge in [-0.3, -0.25) is 4.79 Å². The lowest BCUT2D eigenvalue weighted by atomic mass is 9.88. The van der Waals surface area contributed by atoms with Crippen molar-refractivity contribution in [2.75, 3.05) is 11.9 Å². The maximum atomic E-state index is 12.5. The number of rotatable bonds is 2. The third kappa shape index (κ3) is 3.82. The average Bonchev–Trinajstić information content (AvgIpc) is 3.01. The first kappa shape index (κ1) is 20.5. The summed E-state index contributed by atoms with van der Waals surface area (Å²) in [5.41, 5.74) is 7.94. The van der Waals surface area contributed by atoms with E-state index in [1.165, 1.54) is 39.7 Å². The van der Waals surface area contributed by atoms with Crippen molar-refractivity contribution in [1.82, 2.24) is 5.32 Å². The Bertz CT molecular complexity index is 1140. The van der Waals surface area contributed by atoms with Gasteiger partial charge in [-0.15, -0.1) is 0 Å². The van der Waals surface area contributed by atoms with E-state index in [9.17, 15) is 4.79 Å². The maximum absolute atomic E-state index is 12.5. The third-order valence-corrected chi connectivity index (χ3v) is 6.82. The number of hydrogen-bond acceptors (Lipinski definition) is 4. The summed E-state index contributed by atoms with van der Waals surface area (Å²) in [6, 6.07) is 12.4. The predicted octanol–water partition coefficient (Wildman–Crippen LogP) is 5.83. The Morgan fingerprint density at radius 1 is 1.07 bits per heavy atom. The van der Waals surface area contributed by atoms with Crippen molar-refractivity contribution in [3.05, 3.63) is 69.6 Å². The molecular formula is C25H27N3OS. The molecule has 2 aromatic carbocycles. The molecule has 2 heterocycles. The fraction of sp³-hybridized carbons (Fsp3) is 0.280. The lowest BCUT2D eigenvalue weighted by Crippen LogP contribution is -2.42. The fourth-order valence-electron chi connectivity index (χ4n) is 3.81. The van der Waals surface area contributed by atoms with Gasteiger partial charge in [-0.1, -0.05) is 18.2 Å². The van der Waals surface area contributed by atoms with Crippen molar-refractivity contribution in [1.29, 1.82) is 0 Å². The third-order valence-electron chi connectivity index (χ3n) is 5.91. The van der Waals surface area contributed by atoms with Crippen LogP contribution in [0.15, 0.2) is 52.4 Å². The van der Waals surface area contributed by atoms with Gasteiger partial charge in [-0.25, -0.2) is 4.99 Å². The molecule has 1 N–H and O–H groups in total. The molecule has 0 aliphatic carbocycles. The quantitative estimate of drug-likeness (QED) is 0.626. The van der Waals surface area contributed by atoms with Gasteiger partial charge >= 0.3 is 0 Å². The topological polar surface area (TPSA) is 44.7 Å². The van der Waals surface area contributed by atoms with Gasteiger partial charge < -0.3 is 10.2 Å². The fourth-order valence-corrected chi connectivity index (χ4v) is 4.65. The van der Waals surface area contributed by atoms with Crippen LogP contribution in [0.3, 0.4) is 0 Å². The van der Waals surface area contributed by atoms with Crippen LogP contribution in [0, 0.1) is 13.8 Å². The number of amidine groups is 1. The molecule has 154 valence electrons. The molecule has 0 bridgehead atoms. The van der Waals surface area contributed by atoms with Crippen LogP contribution in [-0.2, 0) is 4.79 Å². The number of anilines is 1. The molecular weight excluding hydrogens is 390 g/mol. The highest BCUT2D eigenvalue weighted by molar-refractivity contribution is 8.18. The Kier molecular flexibility index (Phi) is 5.10. The molecule has 4 rings (SSSR count). The maximum Gasteiger partial charge on any atom is 0.264 e. The molecule has 0 radical (unpaired) electrons. The Morgan fingerprint density at radius 3 is 2.57 bits per heavy atom. The molecule has 2 aliphatic heterocycles. The number of carbonyl (C=O) groups excluding carboxylic acids is 1. The van der Waals surface area contributed by atoms with Crippen LogP contribution < -0.4 is 10.2 Å². The van der Waals surface area contributed by atoms with E-state index in [0.717, 1.165) is 11.3 Å². The minimum Gasteiger partial charge on any atom is -0.366 e. The second kappa shape index (κ2) is 7.47. The van der Waals surface area contributed by atoms with Crippen LogP contribution in [-0.4, -0.2) is 23.7 Å². The first-order valence-electron chi connectivity index (χ1n) is 10.1. The van der Waals surface area contributed by atoms with Crippen molar-refractivity contribution in [2.24, 2.45) is 4.99 Å². The zero-order valence-corrected chi connectivity index (χ0v) is 19.1. The second-order valence-corrected chi connectivity index (χ2v) is 9.60. The molecule has 0 spiro atoms. The molecule has 1 fully saturated rings. The zero-order chi connectivity index (χ0) is 21.6. The summed E-state index contributed by atoms with van der Waals surface area (Å²) < 4.78 is 0. The van der Waals surface area contributed by atoms with E-state index in [4.69, 9.17) is 0 Å². The van der Waals surface area contributed by atoms with Gasteiger partial charge in [-0.2, -0.15) is 0 Å². The van der Waals surface area contributed by atoms with Crippen LogP contribution in [0.2, 0.25) is 0 Å².